The molecule has 6 nitrogen and oxygen atoms in total. The normalized spacial score (nSPS) is 12.0. The molecule has 0 spiro atoms. The Hall–Kier alpha value is -3.02. The number of nitrogens with zero attached hydrogens (tertiary/aromatic N) is 3. The Labute approximate surface area is 199 Å². The van der Waals surface area contributed by atoms with Crippen molar-refractivity contribution in [2.45, 2.75) is 32.2 Å². The van der Waals surface area contributed by atoms with Crippen LogP contribution in [-0.4, -0.2) is 59.5 Å². The van der Waals surface area contributed by atoms with Gasteiger partial charge in [-0.15, -0.1) is 0 Å². The fraction of sp³-hybridized carbons (Fsp3) is 0.478. The van der Waals surface area contributed by atoms with Gasteiger partial charge in [-0.2, -0.15) is 26.3 Å². The van der Waals surface area contributed by atoms with Gasteiger partial charge >= 0.3 is 12.4 Å². The van der Waals surface area contributed by atoms with Crippen molar-refractivity contribution in [2.75, 3.05) is 33.4 Å². The van der Waals surface area contributed by atoms with Gasteiger partial charge in [0.2, 0.25) is 5.91 Å². The van der Waals surface area contributed by atoms with E-state index in [0.29, 0.717) is 18.6 Å². The van der Waals surface area contributed by atoms with Gasteiger partial charge in [-0.25, -0.2) is 0 Å². The topological polar surface area (TPSA) is 54.8 Å². The number of hydrogen-bond donors (Lipinski definition) is 0. The van der Waals surface area contributed by atoms with Crippen LogP contribution in [0.4, 0.5) is 26.3 Å². The number of carbonyl (C=O) groups excluding carboxylic acids is 2. The number of carbonyl (C=O) groups is 2. The average molecular weight is 507 g/mol. The summed E-state index contributed by atoms with van der Waals surface area (Å²) in [5.41, 5.74) is -3.19. The Kier molecular flexibility index (Phi) is 9.36. The van der Waals surface area contributed by atoms with E-state index < -0.39 is 47.4 Å². The predicted octanol–water partition coefficient (Wildman–Crippen LogP) is 4.59. The van der Waals surface area contributed by atoms with Crippen molar-refractivity contribution in [1.29, 1.82) is 0 Å². The number of halogens is 6. The van der Waals surface area contributed by atoms with Crippen LogP contribution in [-0.2, 0) is 35.5 Å². The second-order valence-electron chi connectivity index (χ2n) is 7.94. The zero-order valence-electron chi connectivity index (χ0n) is 19.5. The summed E-state index contributed by atoms with van der Waals surface area (Å²) >= 11 is 0. The Morgan fingerprint density at radius 2 is 1.57 bits per heavy atom. The summed E-state index contributed by atoms with van der Waals surface area (Å²) in [6, 6.07) is 4.28. The highest BCUT2D eigenvalue weighted by molar-refractivity contribution is 5.97. The second-order valence-corrected chi connectivity index (χ2v) is 7.94. The quantitative estimate of drug-likeness (QED) is 0.442. The molecule has 0 aliphatic heterocycles. The maximum absolute atomic E-state index is 13.2. The van der Waals surface area contributed by atoms with E-state index in [1.54, 1.807) is 36.9 Å². The Bertz CT molecular complexity index is 984. The molecule has 2 rings (SSSR count). The molecule has 1 heterocycles. The molecule has 1 aromatic heterocycles. The summed E-state index contributed by atoms with van der Waals surface area (Å²) in [5.74, 6) is -1.62. The van der Waals surface area contributed by atoms with Crippen molar-refractivity contribution in [3.63, 3.8) is 0 Å². The van der Waals surface area contributed by atoms with Crippen LogP contribution in [0, 0.1) is 0 Å². The smallest absolute Gasteiger partial charge is 0.383 e. The van der Waals surface area contributed by atoms with Crippen LogP contribution >= 0.6 is 0 Å². The highest BCUT2D eigenvalue weighted by Crippen LogP contribution is 2.36. The number of amides is 2. The lowest BCUT2D eigenvalue weighted by molar-refractivity contribution is -0.143. The fourth-order valence-corrected chi connectivity index (χ4v) is 3.40. The van der Waals surface area contributed by atoms with Crippen LogP contribution in [0.15, 0.2) is 36.5 Å². The van der Waals surface area contributed by atoms with E-state index in [1.165, 1.54) is 12.0 Å². The maximum atomic E-state index is 13.2. The zero-order valence-corrected chi connectivity index (χ0v) is 19.5. The molecule has 194 valence electrons. The molecular weight excluding hydrogens is 480 g/mol. The van der Waals surface area contributed by atoms with Crippen molar-refractivity contribution in [3.05, 3.63) is 58.9 Å². The lowest BCUT2D eigenvalue weighted by Gasteiger charge is -2.28. The molecule has 2 aromatic rings. The molecule has 0 unspecified atom stereocenters. The van der Waals surface area contributed by atoms with Gasteiger partial charge in [0.1, 0.15) is 6.54 Å². The minimum Gasteiger partial charge on any atom is -0.383 e. The van der Waals surface area contributed by atoms with Crippen molar-refractivity contribution < 1.29 is 40.7 Å². The van der Waals surface area contributed by atoms with E-state index in [0.717, 1.165) is 10.6 Å². The summed E-state index contributed by atoms with van der Waals surface area (Å²) < 4.78 is 86.2. The minimum atomic E-state index is -5.09. The van der Waals surface area contributed by atoms with Gasteiger partial charge in [-0.05, 0) is 36.8 Å². The molecule has 0 fully saturated rings. The van der Waals surface area contributed by atoms with E-state index in [2.05, 4.69) is 0 Å². The number of alkyl halides is 6. The molecule has 0 radical (unpaired) electrons. The number of hydrogen-bond acceptors (Lipinski definition) is 3. The summed E-state index contributed by atoms with van der Waals surface area (Å²) in [5, 5.41) is 0. The molecule has 0 saturated carbocycles. The molecule has 0 bridgehead atoms. The third-order valence-corrected chi connectivity index (χ3v) is 5.26. The monoisotopic (exact) mass is 507 g/mol. The van der Waals surface area contributed by atoms with Crippen LogP contribution in [0.5, 0.6) is 0 Å². The van der Waals surface area contributed by atoms with Crippen LogP contribution < -0.4 is 0 Å². The molecule has 0 N–H and O–H groups in total. The number of methoxy groups -OCH3 is 1. The molecule has 0 atom stereocenters. The summed E-state index contributed by atoms with van der Waals surface area (Å²) in [6.45, 7) is 1.67. The number of aromatic nitrogens is 1. The van der Waals surface area contributed by atoms with Crippen LogP contribution in [0.2, 0.25) is 0 Å². The van der Waals surface area contributed by atoms with E-state index in [-0.39, 0.29) is 32.3 Å². The van der Waals surface area contributed by atoms with Gasteiger partial charge in [-0.1, -0.05) is 6.92 Å². The summed E-state index contributed by atoms with van der Waals surface area (Å²) in [4.78, 5) is 28.5. The van der Waals surface area contributed by atoms with Gasteiger partial charge in [0.05, 0.1) is 24.3 Å². The summed E-state index contributed by atoms with van der Waals surface area (Å²) in [7, 11) is 3.23. The Balaban J connectivity index is 2.35. The summed E-state index contributed by atoms with van der Waals surface area (Å²) in [6.07, 6.45) is -8.06. The first kappa shape index (κ1) is 28.2. The van der Waals surface area contributed by atoms with Crippen LogP contribution in [0.25, 0.3) is 0 Å². The number of ether oxygens (including phenoxy) is 1. The molecule has 12 heteroatoms. The molecular formula is C23H27F6N3O3. The van der Waals surface area contributed by atoms with Crippen molar-refractivity contribution in [3.8, 4) is 0 Å². The molecule has 0 saturated heterocycles. The highest BCUT2D eigenvalue weighted by Gasteiger charge is 2.38. The van der Waals surface area contributed by atoms with Gasteiger partial charge in [0, 0.05) is 44.7 Å². The third kappa shape index (κ3) is 7.74. The third-order valence-electron chi connectivity index (χ3n) is 5.26. The maximum Gasteiger partial charge on any atom is 0.416 e. The van der Waals surface area contributed by atoms with Gasteiger partial charge in [0.25, 0.3) is 5.91 Å². The van der Waals surface area contributed by atoms with Crippen LogP contribution in [0.1, 0.15) is 40.5 Å². The van der Waals surface area contributed by atoms with E-state index >= 15 is 0 Å². The molecule has 0 aliphatic rings. The molecule has 35 heavy (non-hydrogen) atoms. The standard InChI is InChI=1S/C23H27F6N3O3/c1-4-7-32(15-20(33)31(9-10-35-3)14-19-6-5-8-30(19)2)21(34)16-11-17(22(24,25)26)13-18(12-16)23(27,28)29/h5-6,8,11-13H,4,7,9-10,14-15H2,1-3H3. The predicted molar refractivity (Wildman–Crippen MR) is 115 cm³/mol. The number of benzene rings is 1. The second kappa shape index (κ2) is 11.6. The Morgan fingerprint density at radius 3 is 2.03 bits per heavy atom. The van der Waals surface area contributed by atoms with Crippen molar-refractivity contribution in [1.82, 2.24) is 14.4 Å². The Morgan fingerprint density at radius 1 is 0.971 bits per heavy atom. The van der Waals surface area contributed by atoms with Gasteiger partial charge < -0.3 is 19.1 Å². The SMILES string of the molecule is CCCN(CC(=O)N(CCOC)Cc1cccn1C)C(=O)c1cc(C(F)(F)F)cc(C(F)(F)F)c1. The van der Waals surface area contributed by atoms with Gasteiger partial charge in [0.15, 0.2) is 0 Å². The zero-order chi connectivity index (χ0) is 26.4. The first-order valence-electron chi connectivity index (χ1n) is 10.7. The number of rotatable bonds is 10. The lowest BCUT2D eigenvalue weighted by Crippen LogP contribution is -2.44. The van der Waals surface area contributed by atoms with Crippen molar-refractivity contribution in [2.24, 2.45) is 7.05 Å². The molecule has 1 aromatic carbocycles. The average Bonchev–Trinajstić information content (AvgIpc) is 3.18. The first-order valence-corrected chi connectivity index (χ1v) is 10.7. The lowest BCUT2D eigenvalue weighted by atomic mass is 10.0. The first-order chi connectivity index (χ1) is 16.3. The number of aryl methyl sites for hydroxylation is 1. The van der Waals surface area contributed by atoms with Crippen LogP contribution in [0.3, 0.4) is 0 Å². The minimum absolute atomic E-state index is 0.0373. The largest absolute Gasteiger partial charge is 0.416 e. The molecule has 0 aliphatic carbocycles. The highest BCUT2D eigenvalue weighted by atomic mass is 19.4. The fourth-order valence-electron chi connectivity index (χ4n) is 3.40. The molecule has 2 amide bonds. The van der Waals surface area contributed by atoms with E-state index in [1.807, 2.05) is 0 Å². The van der Waals surface area contributed by atoms with E-state index in [4.69, 9.17) is 4.74 Å². The van der Waals surface area contributed by atoms with E-state index in [9.17, 15) is 35.9 Å². The van der Waals surface area contributed by atoms with Gasteiger partial charge in [-0.3, -0.25) is 9.59 Å². The van der Waals surface area contributed by atoms with Crippen molar-refractivity contribution >= 4 is 11.8 Å².